The second-order valence-corrected chi connectivity index (χ2v) is 7.18. The molecular weight excluding hydrogens is 399 g/mol. The fraction of sp³-hybridized carbons (Fsp3) is 0.208. The van der Waals surface area contributed by atoms with Gasteiger partial charge < -0.3 is 9.84 Å². The Labute approximate surface area is 179 Å². The van der Waals surface area contributed by atoms with Crippen molar-refractivity contribution in [1.29, 1.82) is 0 Å². The summed E-state index contributed by atoms with van der Waals surface area (Å²) < 4.78 is 21.6. The molecule has 0 spiro atoms. The number of allylic oxidation sites excluding steroid dienone is 1. The molecule has 0 saturated carbocycles. The summed E-state index contributed by atoms with van der Waals surface area (Å²) in [7, 11) is 0. The Bertz CT molecular complexity index is 1150. The average Bonchev–Trinajstić information content (AvgIpc) is 3.12. The van der Waals surface area contributed by atoms with Gasteiger partial charge in [-0.2, -0.15) is 5.10 Å². The number of carboxylic acid groups (broad SMARTS) is 1. The van der Waals surface area contributed by atoms with Crippen LogP contribution >= 0.6 is 0 Å². The highest BCUT2D eigenvalue weighted by atomic mass is 19.1. The van der Waals surface area contributed by atoms with Crippen molar-refractivity contribution in [3.63, 3.8) is 0 Å². The van der Waals surface area contributed by atoms with Gasteiger partial charge in [-0.1, -0.05) is 50.3 Å². The van der Waals surface area contributed by atoms with E-state index in [9.17, 15) is 19.1 Å². The topological polar surface area (TPSA) is 81.4 Å². The average molecular weight is 422 g/mol. The molecule has 0 fully saturated rings. The molecule has 1 aromatic heterocycles. The predicted molar refractivity (Wildman–Crippen MR) is 114 cm³/mol. The van der Waals surface area contributed by atoms with Crippen molar-refractivity contribution in [1.82, 2.24) is 9.78 Å². The van der Waals surface area contributed by atoms with Crippen molar-refractivity contribution in [2.75, 3.05) is 0 Å². The third-order valence-corrected chi connectivity index (χ3v) is 4.69. The maximum atomic E-state index is 15.0. The van der Waals surface area contributed by atoms with E-state index in [1.807, 2.05) is 6.92 Å². The van der Waals surface area contributed by atoms with Gasteiger partial charge in [0.05, 0.1) is 17.9 Å². The molecule has 2 aromatic carbocycles. The number of ether oxygens (including phenoxy) is 1. The first kappa shape index (κ1) is 22.0. The Morgan fingerprint density at radius 2 is 1.94 bits per heavy atom. The fourth-order valence-electron chi connectivity index (χ4n) is 3.28. The van der Waals surface area contributed by atoms with Gasteiger partial charge in [0.2, 0.25) is 0 Å². The molecular formula is C24H23FN2O4. The van der Waals surface area contributed by atoms with Crippen molar-refractivity contribution in [2.24, 2.45) is 0 Å². The van der Waals surface area contributed by atoms with E-state index in [1.165, 1.54) is 16.8 Å². The number of benzene rings is 2. The van der Waals surface area contributed by atoms with Gasteiger partial charge in [0.1, 0.15) is 5.82 Å². The summed E-state index contributed by atoms with van der Waals surface area (Å²) >= 11 is 0. The van der Waals surface area contributed by atoms with Crippen molar-refractivity contribution in [3.05, 3.63) is 89.2 Å². The van der Waals surface area contributed by atoms with E-state index < -0.39 is 17.8 Å². The van der Waals surface area contributed by atoms with Gasteiger partial charge in [-0.15, -0.1) is 0 Å². The zero-order valence-corrected chi connectivity index (χ0v) is 17.4. The Hall–Kier alpha value is -3.74. The summed E-state index contributed by atoms with van der Waals surface area (Å²) in [5.74, 6) is -1.89. The van der Waals surface area contributed by atoms with E-state index in [2.05, 4.69) is 11.7 Å². The molecule has 0 amide bonds. The lowest BCUT2D eigenvalue weighted by molar-refractivity contribution is 0.0627. The minimum absolute atomic E-state index is 0.0644. The summed E-state index contributed by atoms with van der Waals surface area (Å²) in [5, 5.41) is 13.3. The second kappa shape index (κ2) is 9.38. The van der Waals surface area contributed by atoms with Crippen LogP contribution in [-0.4, -0.2) is 26.8 Å². The molecule has 0 unspecified atom stereocenters. The molecule has 0 atom stereocenters. The van der Waals surface area contributed by atoms with Crippen molar-refractivity contribution < 1.29 is 23.8 Å². The largest absolute Gasteiger partial charge is 0.476 e. The molecule has 1 heterocycles. The summed E-state index contributed by atoms with van der Waals surface area (Å²) in [4.78, 5) is 23.6. The van der Waals surface area contributed by atoms with E-state index >= 15 is 0 Å². The monoisotopic (exact) mass is 422 g/mol. The first-order chi connectivity index (χ1) is 14.8. The maximum absolute atomic E-state index is 15.0. The van der Waals surface area contributed by atoms with Crippen LogP contribution < -0.4 is 0 Å². The van der Waals surface area contributed by atoms with Crippen LogP contribution in [0, 0.1) is 5.82 Å². The first-order valence-electron chi connectivity index (χ1n) is 9.85. The van der Waals surface area contributed by atoms with Crippen LogP contribution in [0.15, 0.2) is 60.9 Å². The van der Waals surface area contributed by atoms with Gasteiger partial charge in [0.15, 0.2) is 5.69 Å². The first-order valence-corrected chi connectivity index (χ1v) is 9.85. The number of halogens is 1. The van der Waals surface area contributed by atoms with E-state index in [0.29, 0.717) is 28.7 Å². The normalized spacial score (nSPS) is 10.7. The van der Waals surface area contributed by atoms with Gasteiger partial charge in [-0.05, 0) is 42.7 Å². The molecule has 31 heavy (non-hydrogen) atoms. The number of aromatic carboxylic acids is 1. The van der Waals surface area contributed by atoms with Crippen LogP contribution in [0.25, 0.3) is 11.1 Å². The molecule has 6 nitrogen and oxygen atoms in total. The molecule has 3 aromatic rings. The number of rotatable bonds is 8. The second-order valence-electron chi connectivity index (χ2n) is 7.18. The molecule has 0 aliphatic rings. The van der Waals surface area contributed by atoms with Crippen LogP contribution in [0.1, 0.15) is 52.4 Å². The third-order valence-electron chi connectivity index (χ3n) is 4.69. The number of nitrogens with zero attached hydrogens (tertiary/aromatic N) is 2. The van der Waals surface area contributed by atoms with Gasteiger partial charge in [-0.3, -0.25) is 4.68 Å². The number of hydrogen-bond donors (Lipinski definition) is 1. The molecule has 0 bridgehead atoms. The summed E-state index contributed by atoms with van der Waals surface area (Å²) in [6, 6.07) is 13.0. The van der Waals surface area contributed by atoms with Crippen molar-refractivity contribution in [2.45, 2.75) is 33.2 Å². The Balaban J connectivity index is 1.93. The third kappa shape index (κ3) is 5.06. The maximum Gasteiger partial charge on any atom is 0.356 e. The molecule has 0 aliphatic carbocycles. The fourth-order valence-corrected chi connectivity index (χ4v) is 3.28. The van der Waals surface area contributed by atoms with Crippen molar-refractivity contribution >= 4 is 11.9 Å². The SMILES string of the molecule is C=C(C)OC(=O)c1ccccc1-c1ccc(Cn2nc(C(=O)O)cc2CCC)c(F)c1. The molecule has 1 N–H and O–H groups in total. The van der Waals surface area contributed by atoms with E-state index in [1.54, 1.807) is 43.3 Å². The number of esters is 1. The van der Waals surface area contributed by atoms with E-state index in [4.69, 9.17) is 4.74 Å². The Morgan fingerprint density at radius 3 is 2.58 bits per heavy atom. The van der Waals surface area contributed by atoms with E-state index in [0.717, 1.165) is 12.1 Å². The highest BCUT2D eigenvalue weighted by Gasteiger charge is 2.17. The Morgan fingerprint density at radius 1 is 1.19 bits per heavy atom. The molecule has 0 saturated heterocycles. The smallest absolute Gasteiger partial charge is 0.356 e. The van der Waals surface area contributed by atoms with Crippen LogP contribution in [0.2, 0.25) is 0 Å². The number of hydrogen-bond acceptors (Lipinski definition) is 4. The predicted octanol–water partition coefficient (Wildman–Crippen LogP) is 5.08. The number of aromatic nitrogens is 2. The number of carbonyl (C=O) groups excluding carboxylic acids is 1. The van der Waals surface area contributed by atoms with Crippen LogP contribution in [0.3, 0.4) is 0 Å². The summed E-state index contributed by atoms with van der Waals surface area (Å²) in [6.07, 6.45) is 1.45. The minimum Gasteiger partial charge on any atom is -0.476 e. The zero-order chi connectivity index (χ0) is 22.5. The van der Waals surface area contributed by atoms with Crippen LogP contribution in [0.5, 0.6) is 0 Å². The number of carbonyl (C=O) groups is 2. The number of carboxylic acids is 1. The van der Waals surface area contributed by atoms with Crippen LogP contribution in [-0.2, 0) is 17.7 Å². The standard InChI is InChI=1S/C24H23FN2O4/c1-4-7-18-13-22(23(28)29)26-27(18)14-17-11-10-16(12-21(17)25)19-8-5-6-9-20(19)24(30)31-15(2)3/h5-6,8-13H,2,4,7,14H2,1,3H3,(H,28,29). The van der Waals surface area contributed by atoms with Gasteiger partial charge in [-0.25, -0.2) is 14.0 Å². The van der Waals surface area contributed by atoms with Gasteiger partial charge in [0, 0.05) is 11.3 Å². The highest BCUT2D eigenvalue weighted by Crippen LogP contribution is 2.27. The quantitative estimate of drug-likeness (QED) is 0.404. The lowest BCUT2D eigenvalue weighted by Gasteiger charge is -2.12. The molecule has 0 aliphatic heterocycles. The highest BCUT2D eigenvalue weighted by molar-refractivity contribution is 5.97. The molecule has 0 radical (unpaired) electrons. The Kier molecular flexibility index (Phi) is 6.65. The van der Waals surface area contributed by atoms with E-state index in [-0.39, 0.29) is 18.0 Å². The molecule has 7 heteroatoms. The molecule has 3 rings (SSSR count). The molecule has 160 valence electrons. The lowest BCUT2D eigenvalue weighted by Crippen LogP contribution is -2.09. The van der Waals surface area contributed by atoms with Crippen LogP contribution in [0.4, 0.5) is 4.39 Å². The van der Waals surface area contributed by atoms with Gasteiger partial charge in [0.25, 0.3) is 0 Å². The zero-order valence-electron chi connectivity index (χ0n) is 17.4. The lowest BCUT2D eigenvalue weighted by atomic mass is 9.98. The summed E-state index contributed by atoms with van der Waals surface area (Å²) in [5.41, 5.74) is 2.40. The number of aryl methyl sites for hydroxylation is 1. The van der Waals surface area contributed by atoms with Crippen molar-refractivity contribution in [3.8, 4) is 11.1 Å². The summed E-state index contributed by atoms with van der Waals surface area (Å²) in [6.45, 7) is 7.23. The minimum atomic E-state index is -1.12. The van der Waals surface area contributed by atoms with Gasteiger partial charge >= 0.3 is 11.9 Å².